The maximum atomic E-state index is 14.0. The summed E-state index contributed by atoms with van der Waals surface area (Å²) >= 11 is 0. The van der Waals surface area contributed by atoms with Crippen molar-refractivity contribution in [2.24, 2.45) is 0 Å². The van der Waals surface area contributed by atoms with Gasteiger partial charge in [-0.2, -0.15) is 4.98 Å². The summed E-state index contributed by atoms with van der Waals surface area (Å²) < 4.78 is 19.4. The topological polar surface area (TPSA) is 108 Å². The van der Waals surface area contributed by atoms with E-state index in [9.17, 15) is 14.3 Å². The predicted molar refractivity (Wildman–Crippen MR) is 103 cm³/mol. The lowest BCUT2D eigenvalue weighted by Gasteiger charge is -2.11. The van der Waals surface area contributed by atoms with Crippen LogP contribution in [0.3, 0.4) is 0 Å². The number of hydrogen-bond acceptors (Lipinski definition) is 7. The Labute approximate surface area is 160 Å². The summed E-state index contributed by atoms with van der Waals surface area (Å²) in [7, 11) is 1.53. The van der Waals surface area contributed by atoms with E-state index in [1.54, 1.807) is 36.4 Å². The minimum Gasteiger partial charge on any atom is -0.508 e. The average molecular weight is 383 g/mol. The van der Waals surface area contributed by atoms with Crippen molar-refractivity contribution < 1.29 is 19.0 Å². The molecule has 1 heterocycles. The van der Waals surface area contributed by atoms with Crippen molar-refractivity contribution in [2.45, 2.75) is 0 Å². The second-order valence-corrected chi connectivity index (χ2v) is 5.68. The van der Waals surface area contributed by atoms with Gasteiger partial charge in [0.05, 0.1) is 6.20 Å². The standard InChI is InChI=1S/C19H18FN5O3/c1-21-17(27)11-28-15-7-3-5-13(9-15)24-19-22-10-16(20)18(25-19)23-12-4-2-6-14(26)8-12/h2-10,26H,11H2,1H3,(H,21,27)(H2,22,23,24,25). The summed E-state index contributed by atoms with van der Waals surface area (Å²) in [5.74, 6) is -0.248. The van der Waals surface area contributed by atoms with Gasteiger partial charge in [0.2, 0.25) is 5.95 Å². The number of ether oxygens (including phenoxy) is 1. The van der Waals surface area contributed by atoms with Gasteiger partial charge in [-0.05, 0) is 24.3 Å². The molecule has 0 aliphatic carbocycles. The minimum atomic E-state index is -0.642. The van der Waals surface area contributed by atoms with Gasteiger partial charge in [0.1, 0.15) is 11.5 Å². The summed E-state index contributed by atoms with van der Waals surface area (Å²) in [6.07, 6.45) is 1.03. The van der Waals surface area contributed by atoms with E-state index in [0.717, 1.165) is 6.20 Å². The number of carbonyl (C=O) groups is 1. The lowest BCUT2D eigenvalue weighted by atomic mass is 10.3. The number of phenols is 1. The van der Waals surface area contributed by atoms with Crippen molar-refractivity contribution in [1.82, 2.24) is 15.3 Å². The third kappa shape index (κ3) is 5.07. The lowest BCUT2D eigenvalue weighted by molar-refractivity contribution is -0.122. The van der Waals surface area contributed by atoms with Crippen LogP contribution in [0.5, 0.6) is 11.5 Å². The third-order valence-corrected chi connectivity index (χ3v) is 3.59. The lowest BCUT2D eigenvalue weighted by Crippen LogP contribution is -2.24. The van der Waals surface area contributed by atoms with E-state index in [1.165, 1.54) is 19.2 Å². The molecule has 0 atom stereocenters. The molecule has 8 nitrogen and oxygen atoms in total. The molecule has 28 heavy (non-hydrogen) atoms. The van der Waals surface area contributed by atoms with Gasteiger partial charge in [-0.15, -0.1) is 0 Å². The first-order valence-electron chi connectivity index (χ1n) is 8.32. The van der Waals surface area contributed by atoms with Crippen LogP contribution in [0.4, 0.5) is 27.5 Å². The second kappa shape index (κ2) is 8.67. The molecule has 1 aromatic heterocycles. The predicted octanol–water partition coefficient (Wildman–Crippen LogP) is 2.93. The van der Waals surface area contributed by atoms with E-state index in [0.29, 0.717) is 17.1 Å². The highest BCUT2D eigenvalue weighted by atomic mass is 19.1. The number of benzene rings is 2. The highest BCUT2D eigenvalue weighted by Gasteiger charge is 2.09. The number of amides is 1. The molecule has 0 fully saturated rings. The maximum Gasteiger partial charge on any atom is 0.257 e. The van der Waals surface area contributed by atoms with E-state index in [-0.39, 0.29) is 30.0 Å². The number of aromatic nitrogens is 2. The number of likely N-dealkylation sites (N-methyl/N-ethyl adjacent to an activating group) is 1. The Hall–Kier alpha value is -3.88. The summed E-state index contributed by atoms with van der Waals surface area (Å²) in [6.45, 7) is -0.106. The first-order valence-corrected chi connectivity index (χ1v) is 8.32. The summed E-state index contributed by atoms with van der Waals surface area (Å²) in [5.41, 5.74) is 1.08. The van der Waals surface area contributed by atoms with Crippen LogP contribution >= 0.6 is 0 Å². The van der Waals surface area contributed by atoms with Crippen molar-refractivity contribution in [3.8, 4) is 11.5 Å². The molecule has 9 heteroatoms. The Morgan fingerprint density at radius 1 is 1.14 bits per heavy atom. The van der Waals surface area contributed by atoms with Crippen LogP contribution in [0.15, 0.2) is 54.7 Å². The Morgan fingerprint density at radius 2 is 1.89 bits per heavy atom. The van der Waals surface area contributed by atoms with Gasteiger partial charge in [0.25, 0.3) is 5.91 Å². The molecule has 4 N–H and O–H groups in total. The normalized spacial score (nSPS) is 10.2. The van der Waals surface area contributed by atoms with Gasteiger partial charge >= 0.3 is 0 Å². The number of carbonyl (C=O) groups excluding carboxylic acids is 1. The van der Waals surface area contributed by atoms with E-state index >= 15 is 0 Å². The molecule has 0 spiro atoms. The molecule has 0 saturated heterocycles. The molecule has 2 aromatic carbocycles. The molecule has 3 rings (SSSR count). The van der Waals surface area contributed by atoms with Gasteiger partial charge < -0.3 is 25.8 Å². The number of hydrogen-bond donors (Lipinski definition) is 4. The average Bonchev–Trinajstić information content (AvgIpc) is 2.69. The SMILES string of the molecule is CNC(=O)COc1cccc(Nc2ncc(F)c(Nc3cccc(O)c3)n2)c1. The maximum absolute atomic E-state index is 14.0. The fourth-order valence-electron chi connectivity index (χ4n) is 2.25. The summed E-state index contributed by atoms with van der Waals surface area (Å²) in [4.78, 5) is 19.3. The zero-order chi connectivity index (χ0) is 19.9. The Morgan fingerprint density at radius 3 is 2.64 bits per heavy atom. The molecule has 0 saturated carbocycles. The molecule has 0 radical (unpaired) electrons. The zero-order valence-electron chi connectivity index (χ0n) is 14.9. The molecule has 1 amide bonds. The molecule has 144 valence electrons. The number of rotatable bonds is 7. The quantitative estimate of drug-likeness (QED) is 0.497. The highest BCUT2D eigenvalue weighted by Crippen LogP contribution is 2.24. The molecular formula is C19H18FN5O3. The molecule has 0 bridgehead atoms. The van der Waals surface area contributed by atoms with Gasteiger partial charge in [-0.3, -0.25) is 4.79 Å². The van der Waals surface area contributed by atoms with Crippen molar-refractivity contribution in [3.63, 3.8) is 0 Å². The third-order valence-electron chi connectivity index (χ3n) is 3.59. The van der Waals surface area contributed by atoms with Crippen LogP contribution in [0.2, 0.25) is 0 Å². The van der Waals surface area contributed by atoms with Crippen LogP contribution in [0.25, 0.3) is 0 Å². The van der Waals surface area contributed by atoms with E-state index < -0.39 is 5.82 Å². The second-order valence-electron chi connectivity index (χ2n) is 5.68. The number of phenolic OH excluding ortho intramolecular Hbond substituents is 1. The Balaban J connectivity index is 1.73. The van der Waals surface area contributed by atoms with Gasteiger partial charge in [0.15, 0.2) is 18.2 Å². The van der Waals surface area contributed by atoms with Gasteiger partial charge in [0, 0.05) is 30.6 Å². The Kier molecular flexibility index (Phi) is 5.85. The molecule has 0 aliphatic rings. The summed E-state index contributed by atoms with van der Waals surface area (Å²) in [5, 5.41) is 17.7. The van der Waals surface area contributed by atoms with Crippen LogP contribution in [-0.2, 0) is 4.79 Å². The first kappa shape index (κ1) is 18.9. The van der Waals surface area contributed by atoms with Gasteiger partial charge in [-0.25, -0.2) is 9.37 Å². The molecule has 0 aliphatic heterocycles. The van der Waals surface area contributed by atoms with Crippen LogP contribution in [0.1, 0.15) is 0 Å². The number of halogens is 1. The monoisotopic (exact) mass is 383 g/mol. The largest absolute Gasteiger partial charge is 0.508 e. The molecular weight excluding hydrogens is 365 g/mol. The van der Waals surface area contributed by atoms with Crippen molar-refractivity contribution in [2.75, 3.05) is 24.3 Å². The van der Waals surface area contributed by atoms with E-state index in [2.05, 4.69) is 25.9 Å². The number of nitrogens with zero attached hydrogens (tertiary/aromatic N) is 2. The fourth-order valence-corrected chi connectivity index (χ4v) is 2.25. The molecule has 3 aromatic rings. The highest BCUT2D eigenvalue weighted by molar-refractivity contribution is 5.77. The first-order chi connectivity index (χ1) is 13.5. The number of aromatic hydroxyl groups is 1. The van der Waals surface area contributed by atoms with Gasteiger partial charge in [-0.1, -0.05) is 12.1 Å². The number of anilines is 4. The summed E-state index contributed by atoms with van der Waals surface area (Å²) in [6, 6.07) is 13.1. The van der Waals surface area contributed by atoms with Crippen molar-refractivity contribution in [1.29, 1.82) is 0 Å². The van der Waals surface area contributed by atoms with E-state index in [4.69, 9.17) is 4.74 Å². The van der Waals surface area contributed by atoms with E-state index in [1.807, 2.05) is 0 Å². The van der Waals surface area contributed by atoms with Crippen molar-refractivity contribution >= 4 is 29.0 Å². The molecule has 0 unspecified atom stereocenters. The van der Waals surface area contributed by atoms with Crippen LogP contribution in [0, 0.1) is 5.82 Å². The zero-order valence-corrected chi connectivity index (χ0v) is 14.9. The smallest absolute Gasteiger partial charge is 0.257 e. The van der Waals surface area contributed by atoms with Crippen LogP contribution in [-0.4, -0.2) is 34.6 Å². The number of nitrogens with one attached hydrogen (secondary N) is 3. The van der Waals surface area contributed by atoms with Crippen LogP contribution < -0.4 is 20.7 Å². The minimum absolute atomic E-state index is 0.0462. The fraction of sp³-hybridized carbons (Fsp3) is 0.105. The van der Waals surface area contributed by atoms with Crippen molar-refractivity contribution in [3.05, 3.63) is 60.5 Å². The Bertz CT molecular complexity index is 983.